The van der Waals surface area contributed by atoms with Crippen molar-refractivity contribution in [1.29, 1.82) is 0 Å². The van der Waals surface area contributed by atoms with Crippen LogP contribution in [0.3, 0.4) is 0 Å². The zero-order valence-electron chi connectivity index (χ0n) is 22.9. The summed E-state index contributed by atoms with van der Waals surface area (Å²) >= 11 is 6.18. The van der Waals surface area contributed by atoms with Gasteiger partial charge in [0.2, 0.25) is 21.8 Å². The minimum Gasteiger partial charge on any atom is -0.352 e. The van der Waals surface area contributed by atoms with Crippen LogP contribution in [0.1, 0.15) is 68.6 Å². The number of benzene rings is 2. The first-order chi connectivity index (χ1) is 18.0. The van der Waals surface area contributed by atoms with Gasteiger partial charge in [0.05, 0.1) is 11.9 Å². The molecule has 0 saturated heterocycles. The van der Waals surface area contributed by atoms with Crippen molar-refractivity contribution in [3.05, 3.63) is 64.2 Å². The van der Waals surface area contributed by atoms with Gasteiger partial charge in [-0.05, 0) is 74.9 Å². The van der Waals surface area contributed by atoms with Crippen LogP contribution in [0.4, 0.5) is 5.69 Å². The van der Waals surface area contributed by atoms with Crippen LogP contribution in [-0.4, -0.2) is 50.0 Å². The highest BCUT2D eigenvalue weighted by molar-refractivity contribution is 7.92. The van der Waals surface area contributed by atoms with E-state index in [1.54, 1.807) is 24.0 Å². The molecule has 0 aromatic heterocycles. The Hall–Kier alpha value is -2.58. The Balaban J connectivity index is 1.74. The van der Waals surface area contributed by atoms with Gasteiger partial charge in [-0.1, -0.05) is 55.1 Å². The van der Waals surface area contributed by atoms with Crippen LogP contribution >= 0.6 is 11.6 Å². The van der Waals surface area contributed by atoms with Crippen LogP contribution in [0.5, 0.6) is 0 Å². The van der Waals surface area contributed by atoms with Gasteiger partial charge < -0.3 is 10.2 Å². The molecule has 0 bridgehead atoms. The first-order valence-electron chi connectivity index (χ1n) is 13.3. The minimum atomic E-state index is -3.55. The molecular formula is C29H40ClN3O4S. The van der Waals surface area contributed by atoms with E-state index in [1.165, 1.54) is 17.0 Å². The number of halogens is 1. The van der Waals surface area contributed by atoms with Crippen molar-refractivity contribution in [3.63, 3.8) is 0 Å². The van der Waals surface area contributed by atoms with E-state index in [2.05, 4.69) is 5.32 Å². The van der Waals surface area contributed by atoms with Gasteiger partial charge >= 0.3 is 0 Å². The molecule has 1 atom stereocenters. The lowest BCUT2D eigenvalue weighted by Crippen LogP contribution is -2.50. The number of carbonyl (C=O) groups excluding carboxylic acids is 2. The van der Waals surface area contributed by atoms with Crippen molar-refractivity contribution in [3.8, 4) is 0 Å². The SMILES string of the molecule is Cc1ccc(C)c(N(CCCC(=O)N(Cc2cccc(Cl)c2)[C@H](C)C(=O)NC2CCCCC2)S(C)(=O)=O)c1. The summed E-state index contributed by atoms with van der Waals surface area (Å²) in [4.78, 5) is 28.2. The third-order valence-electron chi connectivity index (χ3n) is 7.15. The maximum absolute atomic E-state index is 13.5. The molecule has 0 spiro atoms. The van der Waals surface area contributed by atoms with E-state index >= 15 is 0 Å². The molecule has 1 aliphatic carbocycles. The zero-order valence-corrected chi connectivity index (χ0v) is 24.4. The van der Waals surface area contributed by atoms with Crippen LogP contribution < -0.4 is 9.62 Å². The number of nitrogens with one attached hydrogen (secondary N) is 1. The molecule has 2 amide bonds. The first kappa shape index (κ1) is 30.0. The topological polar surface area (TPSA) is 86.8 Å². The lowest BCUT2D eigenvalue weighted by Gasteiger charge is -2.31. The lowest BCUT2D eigenvalue weighted by molar-refractivity contribution is -0.141. The van der Waals surface area contributed by atoms with Crippen LogP contribution in [0, 0.1) is 13.8 Å². The largest absolute Gasteiger partial charge is 0.352 e. The van der Waals surface area contributed by atoms with Gasteiger partial charge in [-0.15, -0.1) is 0 Å². The number of rotatable bonds is 11. The van der Waals surface area contributed by atoms with Gasteiger partial charge in [0.1, 0.15) is 6.04 Å². The predicted molar refractivity (Wildman–Crippen MR) is 154 cm³/mol. The molecule has 1 aliphatic rings. The second-order valence-electron chi connectivity index (χ2n) is 10.4. The molecule has 0 radical (unpaired) electrons. The van der Waals surface area contributed by atoms with Crippen LogP contribution in [-0.2, 0) is 26.2 Å². The highest BCUT2D eigenvalue weighted by Gasteiger charge is 2.28. The summed E-state index contributed by atoms with van der Waals surface area (Å²) in [5, 5.41) is 3.69. The predicted octanol–water partition coefficient (Wildman–Crippen LogP) is 5.37. The van der Waals surface area contributed by atoms with Crippen molar-refractivity contribution in [2.75, 3.05) is 17.1 Å². The zero-order chi connectivity index (χ0) is 27.9. The summed E-state index contributed by atoms with van der Waals surface area (Å²) in [7, 11) is -3.55. The number of anilines is 1. The number of hydrogen-bond acceptors (Lipinski definition) is 4. The van der Waals surface area contributed by atoms with Gasteiger partial charge in [-0.25, -0.2) is 8.42 Å². The van der Waals surface area contributed by atoms with Crippen molar-refractivity contribution in [2.45, 2.75) is 84.3 Å². The van der Waals surface area contributed by atoms with Crippen LogP contribution in [0.15, 0.2) is 42.5 Å². The van der Waals surface area contributed by atoms with Crippen molar-refractivity contribution in [2.24, 2.45) is 0 Å². The Morgan fingerprint density at radius 1 is 1.08 bits per heavy atom. The van der Waals surface area contributed by atoms with Crippen LogP contribution in [0.2, 0.25) is 5.02 Å². The van der Waals surface area contributed by atoms with E-state index < -0.39 is 16.1 Å². The van der Waals surface area contributed by atoms with E-state index in [0.29, 0.717) is 17.1 Å². The van der Waals surface area contributed by atoms with Crippen molar-refractivity contribution >= 4 is 39.1 Å². The second kappa shape index (κ2) is 13.5. The standard InChI is InChI=1S/C29H40ClN3O4S/c1-21-15-16-22(2)27(18-21)33(38(4,36)37)17-9-14-28(34)32(20-24-10-8-11-25(30)19-24)23(3)29(35)31-26-12-6-5-7-13-26/h8,10-11,15-16,18-19,23,26H,5-7,9,12-14,17,20H2,1-4H3,(H,31,35)/t23-/m1/s1. The minimum absolute atomic E-state index is 0.110. The third kappa shape index (κ3) is 8.46. The summed E-state index contributed by atoms with van der Waals surface area (Å²) in [6.07, 6.45) is 6.92. The van der Waals surface area contributed by atoms with E-state index in [1.807, 2.05) is 44.2 Å². The molecule has 9 heteroatoms. The molecule has 0 aliphatic heterocycles. The normalized spacial score (nSPS) is 15.1. The highest BCUT2D eigenvalue weighted by Crippen LogP contribution is 2.25. The molecular weight excluding hydrogens is 522 g/mol. The fourth-order valence-electron chi connectivity index (χ4n) is 4.95. The number of nitrogens with zero attached hydrogens (tertiary/aromatic N) is 2. The van der Waals surface area contributed by atoms with Crippen molar-refractivity contribution in [1.82, 2.24) is 10.2 Å². The van der Waals surface area contributed by atoms with Gasteiger partial charge in [-0.2, -0.15) is 0 Å². The van der Waals surface area contributed by atoms with Gasteiger partial charge in [-0.3, -0.25) is 13.9 Å². The molecule has 3 rings (SSSR count). The monoisotopic (exact) mass is 561 g/mol. The van der Waals surface area contributed by atoms with Crippen molar-refractivity contribution < 1.29 is 18.0 Å². The van der Waals surface area contributed by atoms with Gasteiger partial charge in [0.15, 0.2) is 0 Å². The number of hydrogen-bond donors (Lipinski definition) is 1. The second-order valence-corrected chi connectivity index (χ2v) is 12.7. The average Bonchev–Trinajstić information content (AvgIpc) is 2.86. The Labute approximate surface area is 232 Å². The Kier molecular flexibility index (Phi) is 10.6. The molecule has 0 unspecified atom stereocenters. The molecule has 208 valence electrons. The molecule has 7 nitrogen and oxygen atoms in total. The molecule has 38 heavy (non-hydrogen) atoms. The molecule has 0 heterocycles. The number of carbonyl (C=O) groups is 2. The smallest absolute Gasteiger partial charge is 0.242 e. The maximum Gasteiger partial charge on any atom is 0.242 e. The van der Waals surface area contributed by atoms with E-state index in [4.69, 9.17) is 11.6 Å². The average molecular weight is 562 g/mol. The maximum atomic E-state index is 13.5. The molecule has 2 aromatic carbocycles. The number of aryl methyl sites for hydroxylation is 2. The first-order valence-corrected chi connectivity index (χ1v) is 15.6. The Morgan fingerprint density at radius 3 is 2.45 bits per heavy atom. The van der Waals surface area contributed by atoms with Crippen LogP contribution in [0.25, 0.3) is 0 Å². The summed E-state index contributed by atoms with van der Waals surface area (Å²) in [6.45, 7) is 5.95. The summed E-state index contributed by atoms with van der Waals surface area (Å²) in [6, 6.07) is 12.4. The van der Waals surface area contributed by atoms with E-state index in [9.17, 15) is 18.0 Å². The fourth-order valence-corrected chi connectivity index (χ4v) is 6.18. The summed E-state index contributed by atoms with van der Waals surface area (Å²) in [5.74, 6) is -0.369. The Morgan fingerprint density at radius 2 is 1.79 bits per heavy atom. The molecule has 1 N–H and O–H groups in total. The lowest BCUT2D eigenvalue weighted by atomic mass is 9.95. The Bertz CT molecular complexity index is 1230. The molecule has 1 saturated carbocycles. The van der Waals surface area contributed by atoms with E-state index in [0.717, 1.165) is 42.4 Å². The van der Waals surface area contributed by atoms with Gasteiger partial charge in [0.25, 0.3) is 0 Å². The van der Waals surface area contributed by atoms with E-state index in [-0.39, 0.29) is 37.4 Å². The molecule has 1 fully saturated rings. The molecule has 2 aromatic rings. The highest BCUT2D eigenvalue weighted by atomic mass is 35.5. The third-order valence-corrected chi connectivity index (χ3v) is 8.56. The fraction of sp³-hybridized carbons (Fsp3) is 0.517. The van der Waals surface area contributed by atoms with Gasteiger partial charge in [0, 0.05) is 30.6 Å². The summed E-state index contributed by atoms with van der Waals surface area (Å²) < 4.78 is 26.6. The number of sulfonamides is 1. The summed E-state index contributed by atoms with van der Waals surface area (Å²) in [5.41, 5.74) is 3.26. The number of amides is 2. The quantitative estimate of drug-likeness (QED) is 0.399.